The predicted octanol–water partition coefficient (Wildman–Crippen LogP) is 4.55. The number of nitrogens with one attached hydrogen (secondary N) is 2. The molecule has 0 aliphatic rings. The standard InChI is InChI=1S/C21H19ClN2O4S2/c1-13(14-5-8-16(9-6-14)30(2,27)28)23-20(25)15-7-10-17(22)18(12-15)24-21(26)19-4-3-11-29-19/h3-13H,1-2H3,(H,23,25)(H,24,26). The smallest absolute Gasteiger partial charge is 0.265 e. The summed E-state index contributed by atoms with van der Waals surface area (Å²) < 4.78 is 23.2. The van der Waals surface area contributed by atoms with Crippen LogP contribution >= 0.6 is 22.9 Å². The van der Waals surface area contributed by atoms with Gasteiger partial charge in [-0.2, -0.15) is 0 Å². The second-order valence-corrected chi connectivity index (χ2v) is 10.0. The summed E-state index contributed by atoms with van der Waals surface area (Å²) in [5.41, 5.74) is 1.43. The van der Waals surface area contributed by atoms with Crippen molar-refractivity contribution < 1.29 is 18.0 Å². The van der Waals surface area contributed by atoms with Gasteiger partial charge in [-0.05, 0) is 54.3 Å². The van der Waals surface area contributed by atoms with Gasteiger partial charge in [-0.15, -0.1) is 11.3 Å². The first kappa shape index (κ1) is 22.0. The van der Waals surface area contributed by atoms with Gasteiger partial charge in [0.2, 0.25) is 0 Å². The van der Waals surface area contributed by atoms with Gasteiger partial charge in [-0.25, -0.2) is 8.42 Å². The van der Waals surface area contributed by atoms with Crippen LogP contribution in [0.3, 0.4) is 0 Å². The first-order valence-electron chi connectivity index (χ1n) is 8.90. The van der Waals surface area contributed by atoms with Crippen LogP contribution in [0.2, 0.25) is 5.02 Å². The molecule has 0 aliphatic carbocycles. The van der Waals surface area contributed by atoms with Gasteiger partial charge in [-0.1, -0.05) is 29.8 Å². The molecule has 1 atom stereocenters. The van der Waals surface area contributed by atoms with Crippen LogP contribution in [0.5, 0.6) is 0 Å². The molecule has 0 radical (unpaired) electrons. The van der Waals surface area contributed by atoms with Crippen molar-refractivity contribution in [3.8, 4) is 0 Å². The summed E-state index contributed by atoms with van der Waals surface area (Å²) in [5, 5.41) is 7.69. The zero-order valence-electron chi connectivity index (χ0n) is 16.2. The highest BCUT2D eigenvalue weighted by Crippen LogP contribution is 2.25. The Balaban J connectivity index is 1.72. The molecular formula is C21H19ClN2O4S2. The van der Waals surface area contributed by atoms with Gasteiger partial charge in [0.1, 0.15) is 0 Å². The van der Waals surface area contributed by atoms with E-state index in [0.717, 1.165) is 11.8 Å². The number of rotatable bonds is 6. The van der Waals surface area contributed by atoms with Crippen molar-refractivity contribution in [1.82, 2.24) is 5.32 Å². The van der Waals surface area contributed by atoms with Crippen LogP contribution in [0.15, 0.2) is 64.9 Å². The third kappa shape index (κ3) is 5.27. The van der Waals surface area contributed by atoms with Gasteiger partial charge in [0.25, 0.3) is 11.8 Å². The predicted molar refractivity (Wildman–Crippen MR) is 119 cm³/mol. The summed E-state index contributed by atoms with van der Waals surface area (Å²) in [6.45, 7) is 1.79. The fourth-order valence-electron chi connectivity index (χ4n) is 2.72. The van der Waals surface area contributed by atoms with Crippen molar-refractivity contribution in [1.29, 1.82) is 0 Å². The Morgan fingerprint density at radius 2 is 1.73 bits per heavy atom. The molecular weight excluding hydrogens is 444 g/mol. The van der Waals surface area contributed by atoms with Gasteiger partial charge in [-0.3, -0.25) is 9.59 Å². The minimum Gasteiger partial charge on any atom is -0.346 e. The molecule has 3 aromatic rings. The average molecular weight is 463 g/mol. The van der Waals surface area contributed by atoms with Gasteiger partial charge < -0.3 is 10.6 Å². The SMILES string of the molecule is CC(NC(=O)c1ccc(Cl)c(NC(=O)c2cccs2)c1)c1ccc(S(C)(=O)=O)cc1. The summed E-state index contributed by atoms with van der Waals surface area (Å²) in [4.78, 5) is 25.7. The first-order chi connectivity index (χ1) is 14.1. The van der Waals surface area contributed by atoms with Gasteiger partial charge in [0.05, 0.1) is 26.5 Å². The molecule has 0 bridgehead atoms. The van der Waals surface area contributed by atoms with E-state index in [9.17, 15) is 18.0 Å². The zero-order valence-corrected chi connectivity index (χ0v) is 18.6. The topological polar surface area (TPSA) is 92.3 Å². The Bertz CT molecular complexity index is 1170. The number of hydrogen-bond acceptors (Lipinski definition) is 5. The Hall–Kier alpha value is -2.68. The number of sulfone groups is 1. The highest BCUT2D eigenvalue weighted by atomic mass is 35.5. The average Bonchev–Trinajstić information content (AvgIpc) is 3.24. The second kappa shape index (κ2) is 8.99. The molecule has 0 saturated carbocycles. The summed E-state index contributed by atoms with van der Waals surface area (Å²) in [6.07, 6.45) is 1.14. The van der Waals surface area contributed by atoms with Crippen molar-refractivity contribution in [2.45, 2.75) is 17.9 Å². The number of carbonyl (C=O) groups is 2. The van der Waals surface area contributed by atoms with E-state index < -0.39 is 9.84 Å². The Labute approximate surface area is 183 Å². The zero-order chi connectivity index (χ0) is 21.9. The third-order valence-corrected chi connectivity index (χ3v) is 6.70. The number of benzene rings is 2. The molecule has 2 aromatic carbocycles. The number of thiophene rings is 1. The lowest BCUT2D eigenvalue weighted by Crippen LogP contribution is -2.26. The number of amides is 2. The number of carbonyl (C=O) groups excluding carboxylic acids is 2. The molecule has 6 nitrogen and oxygen atoms in total. The first-order valence-corrected chi connectivity index (χ1v) is 12.1. The quantitative estimate of drug-likeness (QED) is 0.562. The van der Waals surface area contributed by atoms with Crippen LogP contribution in [-0.4, -0.2) is 26.5 Å². The van der Waals surface area contributed by atoms with Gasteiger partial charge in [0, 0.05) is 11.8 Å². The Morgan fingerprint density at radius 3 is 2.33 bits per heavy atom. The maximum atomic E-state index is 12.7. The molecule has 2 amide bonds. The van der Waals surface area contributed by atoms with Crippen LogP contribution in [0.1, 0.15) is 38.6 Å². The fourth-order valence-corrected chi connectivity index (χ4v) is 4.14. The van der Waals surface area contributed by atoms with Crippen LogP contribution in [0.25, 0.3) is 0 Å². The number of halogens is 1. The summed E-state index contributed by atoms with van der Waals surface area (Å²) >= 11 is 7.47. The molecule has 0 saturated heterocycles. The Kier molecular flexibility index (Phi) is 6.60. The summed E-state index contributed by atoms with van der Waals surface area (Å²) in [6, 6.07) is 14.1. The van der Waals surface area contributed by atoms with Crippen molar-refractivity contribution in [2.75, 3.05) is 11.6 Å². The molecule has 3 rings (SSSR count). The van der Waals surface area contributed by atoms with Crippen LogP contribution < -0.4 is 10.6 Å². The molecule has 30 heavy (non-hydrogen) atoms. The molecule has 156 valence electrons. The van der Waals surface area contributed by atoms with E-state index in [-0.39, 0.29) is 22.8 Å². The van der Waals surface area contributed by atoms with Crippen molar-refractivity contribution in [3.63, 3.8) is 0 Å². The van der Waals surface area contributed by atoms with Crippen molar-refractivity contribution in [2.24, 2.45) is 0 Å². The van der Waals surface area contributed by atoms with Crippen LogP contribution in [0.4, 0.5) is 5.69 Å². The van der Waals surface area contributed by atoms with E-state index in [1.54, 1.807) is 48.7 Å². The third-order valence-electron chi connectivity index (χ3n) is 4.38. The van der Waals surface area contributed by atoms with E-state index in [1.807, 2.05) is 0 Å². The fraction of sp³-hybridized carbons (Fsp3) is 0.143. The number of anilines is 1. The maximum Gasteiger partial charge on any atom is 0.265 e. The maximum absolute atomic E-state index is 12.7. The summed E-state index contributed by atoms with van der Waals surface area (Å²) in [5.74, 6) is -0.651. The monoisotopic (exact) mass is 462 g/mol. The van der Waals surface area contributed by atoms with Crippen molar-refractivity contribution in [3.05, 3.63) is 81.0 Å². The molecule has 1 aromatic heterocycles. The minimum atomic E-state index is -3.28. The highest BCUT2D eigenvalue weighted by Gasteiger charge is 2.16. The highest BCUT2D eigenvalue weighted by molar-refractivity contribution is 7.90. The molecule has 0 fully saturated rings. The second-order valence-electron chi connectivity index (χ2n) is 6.66. The molecule has 1 heterocycles. The Morgan fingerprint density at radius 1 is 1.03 bits per heavy atom. The minimum absolute atomic E-state index is 0.216. The van der Waals surface area contributed by atoms with Crippen molar-refractivity contribution >= 4 is 50.3 Å². The van der Waals surface area contributed by atoms with Gasteiger partial charge >= 0.3 is 0 Å². The lowest BCUT2D eigenvalue weighted by Gasteiger charge is -2.16. The normalized spacial score (nSPS) is 12.2. The molecule has 1 unspecified atom stereocenters. The molecule has 9 heteroatoms. The van der Waals surface area contributed by atoms with E-state index in [2.05, 4.69) is 10.6 Å². The summed E-state index contributed by atoms with van der Waals surface area (Å²) in [7, 11) is -3.28. The molecule has 0 spiro atoms. The largest absolute Gasteiger partial charge is 0.346 e. The van der Waals surface area contributed by atoms with E-state index >= 15 is 0 Å². The van der Waals surface area contributed by atoms with E-state index in [4.69, 9.17) is 11.6 Å². The lowest BCUT2D eigenvalue weighted by atomic mass is 10.1. The molecule has 2 N–H and O–H groups in total. The van der Waals surface area contributed by atoms with E-state index in [1.165, 1.54) is 29.5 Å². The van der Waals surface area contributed by atoms with Gasteiger partial charge in [0.15, 0.2) is 9.84 Å². The lowest BCUT2D eigenvalue weighted by molar-refractivity contribution is 0.0938. The van der Waals surface area contributed by atoms with E-state index in [0.29, 0.717) is 21.2 Å². The van der Waals surface area contributed by atoms with Crippen LogP contribution in [0, 0.1) is 0 Å². The molecule has 0 aliphatic heterocycles. The number of hydrogen-bond donors (Lipinski definition) is 2. The van der Waals surface area contributed by atoms with Crippen LogP contribution in [-0.2, 0) is 9.84 Å².